The van der Waals surface area contributed by atoms with E-state index in [1.807, 2.05) is 24.3 Å². The Labute approximate surface area is 148 Å². The van der Waals surface area contributed by atoms with Crippen molar-refractivity contribution in [1.82, 2.24) is 10.2 Å². The standard InChI is InChI=1S/C20H24ClFN2/c21-19-7-3-2-6-18(19)20(24-12-4-1-5-13-24)15-23-14-16-8-10-17(22)11-9-16/h2-3,6-11,20,23H,1,4-5,12-15H2. The molecule has 1 unspecified atom stereocenters. The molecule has 2 aromatic rings. The summed E-state index contributed by atoms with van der Waals surface area (Å²) in [6, 6.07) is 15.1. The molecular formula is C20H24ClFN2. The van der Waals surface area contributed by atoms with Crippen LogP contribution in [0.2, 0.25) is 5.02 Å². The average molecular weight is 347 g/mol. The molecule has 1 aliphatic heterocycles. The Bertz CT molecular complexity index is 638. The monoisotopic (exact) mass is 346 g/mol. The number of nitrogens with one attached hydrogen (secondary N) is 1. The Hall–Kier alpha value is -1.42. The number of hydrogen-bond acceptors (Lipinski definition) is 2. The first-order valence-corrected chi connectivity index (χ1v) is 9.05. The highest BCUT2D eigenvalue weighted by Crippen LogP contribution is 2.29. The van der Waals surface area contributed by atoms with E-state index in [0.717, 1.165) is 36.8 Å². The van der Waals surface area contributed by atoms with Gasteiger partial charge in [-0.15, -0.1) is 0 Å². The van der Waals surface area contributed by atoms with Gasteiger partial charge in [-0.3, -0.25) is 4.90 Å². The van der Waals surface area contributed by atoms with Gasteiger partial charge in [-0.25, -0.2) is 4.39 Å². The maximum absolute atomic E-state index is 13.0. The first-order valence-electron chi connectivity index (χ1n) is 8.67. The molecule has 0 spiro atoms. The summed E-state index contributed by atoms with van der Waals surface area (Å²) in [4.78, 5) is 2.53. The van der Waals surface area contributed by atoms with Crippen LogP contribution in [0.15, 0.2) is 48.5 Å². The highest BCUT2D eigenvalue weighted by Gasteiger charge is 2.23. The Morgan fingerprint density at radius 3 is 2.42 bits per heavy atom. The van der Waals surface area contributed by atoms with Crippen LogP contribution in [0, 0.1) is 5.82 Å². The number of likely N-dealkylation sites (tertiary alicyclic amines) is 1. The molecule has 1 aliphatic rings. The summed E-state index contributed by atoms with van der Waals surface area (Å²) in [5.41, 5.74) is 2.28. The van der Waals surface area contributed by atoms with Crippen molar-refractivity contribution in [3.63, 3.8) is 0 Å². The molecule has 1 atom stereocenters. The molecule has 24 heavy (non-hydrogen) atoms. The fourth-order valence-electron chi connectivity index (χ4n) is 3.37. The Morgan fingerprint density at radius 2 is 1.71 bits per heavy atom. The Kier molecular flexibility index (Phi) is 6.24. The van der Waals surface area contributed by atoms with E-state index in [9.17, 15) is 4.39 Å². The third-order valence-corrected chi connectivity index (χ3v) is 5.02. The summed E-state index contributed by atoms with van der Waals surface area (Å²) in [5.74, 6) is -0.194. The minimum absolute atomic E-state index is 0.194. The van der Waals surface area contributed by atoms with Crippen LogP contribution >= 0.6 is 11.6 Å². The molecule has 3 rings (SSSR count). The molecule has 1 heterocycles. The average Bonchev–Trinajstić information content (AvgIpc) is 2.62. The van der Waals surface area contributed by atoms with Crippen molar-refractivity contribution in [2.75, 3.05) is 19.6 Å². The second-order valence-corrected chi connectivity index (χ2v) is 6.80. The first kappa shape index (κ1) is 17.4. The van der Waals surface area contributed by atoms with Crippen molar-refractivity contribution in [2.24, 2.45) is 0 Å². The van der Waals surface area contributed by atoms with E-state index in [4.69, 9.17) is 11.6 Å². The quantitative estimate of drug-likeness (QED) is 0.808. The number of rotatable bonds is 6. The lowest BCUT2D eigenvalue weighted by molar-refractivity contribution is 0.160. The summed E-state index contributed by atoms with van der Waals surface area (Å²) in [6.07, 6.45) is 3.81. The zero-order valence-electron chi connectivity index (χ0n) is 13.8. The van der Waals surface area contributed by atoms with Crippen LogP contribution in [0.1, 0.15) is 36.4 Å². The zero-order valence-corrected chi connectivity index (χ0v) is 14.6. The van der Waals surface area contributed by atoms with Gasteiger partial charge in [0.1, 0.15) is 5.82 Å². The van der Waals surface area contributed by atoms with Crippen LogP contribution in [0.5, 0.6) is 0 Å². The fraction of sp³-hybridized carbons (Fsp3) is 0.400. The van der Waals surface area contributed by atoms with Crippen molar-refractivity contribution >= 4 is 11.6 Å². The lowest BCUT2D eigenvalue weighted by Gasteiger charge is -2.35. The van der Waals surface area contributed by atoms with Gasteiger partial charge in [0.05, 0.1) is 0 Å². The topological polar surface area (TPSA) is 15.3 Å². The van der Waals surface area contributed by atoms with Crippen molar-refractivity contribution in [2.45, 2.75) is 31.8 Å². The molecule has 0 bridgehead atoms. The molecule has 1 N–H and O–H groups in total. The zero-order chi connectivity index (χ0) is 16.8. The van der Waals surface area contributed by atoms with Gasteiger partial charge in [-0.2, -0.15) is 0 Å². The lowest BCUT2D eigenvalue weighted by Crippen LogP contribution is -2.39. The van der Waals surface area contributed by atoms with E-state index in [0.29, 0.717) is 0 Å². The highest BCUT2D eigenvalue weighted by atomic mass is 35.5. The molecule has 128 valence electrons. The normalized spacial score (nSPS) is 16.9. The van der Waals surface area contributed by atoms with Gasteiger partial charge in [-0.05, 0) is 55.3 Å². The van der Waals surface area contributed by atoms with E-state index in [1.54, 1.807) is 0 Å². The van der Waals surface area contributed by atoms with Crippen LogP contribution in [-0.4, -0.2) is 24.5 Å². The first-order chi connectivity index (χ1) is 11.7. The van der Waals surface area contributed by atoms with E-state index in [2.05, 4.69) is 22.3 Å². The fourth-order valence-corrected chi connectivity index (χ4v) is 3.63. The second kappa shape index (κ2) is 8.61. The maximum Gasteiger partial charge on any atom is 0.123 e. The summed E-state index contributed by atoms with van der Waals surface area (Å²) in [5, 5.41) is 4.35. The van der Waals surface area contributed by atoms with Gasteiger partial charge in [0.25, 0.3) is 0 Å². The molecule has 0 aliphatic carbocycles. The predicted molar refractivity (Wildman–Crippen MR) is 97.7 cm³/mol. The van der Waals surface area contributed by atoms with E-state index >= 15 is 0 Å². The highest BCUT2D eigenvalue weighted by molar-refractivity contribution is 6.31. The maximum atomic E-state index is 13.0. The Morgan fingerprint density at radius 1 is 1.00 bits per heavy atom. The van der Waals surface area contributed by atoms with Crippen LogP contribution in [-0.2, 0) is 6.54 Å². The van der Waals surface area contributed by atoms with Crippen molar-refractivity contribution < 1.29 is 4.39 Å². The van der Waals surface area contributed by atoms with Gasteiger partial charge in [0.15, 0.2) is 0 Å². The number of benzene rings is 2. The van der Waals surface area contributed by atoms with Gasteiger partial charge in [0, 0.05) is 24.2 Å². The van der Waals surface area contributed by atoms with Crippen LogP contribution in [0.4, 0.5) is 4.39 Å². The van der Waals surface area contributed by atoms with E-state index < -0.39 is 0 Å². The summed E-state index contributed by atoms with van der Waals surface area (Å²) in [6.45, 7) is 3.80. The second-order valence-electron chi connectivity index (χ2n) is 6.39. The van der Waals surface area contributed by atoms with Gasteiger partial charge in [-0.1, -0.05) is 48.4 Å². The number of hydrogen-bond donors (Lipinski definition) is 1. The molecule has 0 radical (unpaired) electrons. The van der Waals surface area contributed by atoms with E-state index in [1.165, 1.54) is 37.0 Å². The Balaban J connectivity index is 1.67. The van der Waals surface area contributed by atoms with Crippen molar-refractivity contribution in [3.8, 4) is 0 Å². The van der Waals surface area contributed by atoms with Crippen molar-refractivity contribution in [1.29, 1.82) is 0 Å². The van der Waals surface area contributed by atoms with Gasteiger partial charge < -0.3 is 5.32 Å². The van der Waals surface area contributed by atoms with E-state index in [-0.39, 0.29) is 11.9 Å². The number of piperidine rings is 1. The van der Waals surface area contributed by atoms with Crippen LogP contribution in [0.25, 0.3) is 0 Å². The molecule has 0 saturated carbocycles. The molecule has 0 amide bonds. The molecule has 2 aromatic carbocycles. The summed E-state index contributed by atoms with van der Waals surface area (Å²) in [7, 11) is 0. The van der Waals surface area contributed by atoms with Crippen LogP contribution < -0.4 is 5.32 Å². The molecule has 1 fully saturated rings. The van der Waals surface area contributed by atoms with Gasteiger partial charge >= 0.3 is 0 Å². The lowest BCUT2D eigenvalue weighted by atomic mass is 10.0. The molecular weight excluding hydrogens is 323 g/mol. The SMILES string of the molecule is Fc1ccc(CNCC(c2ccccc2Cl)N2CCCCC2)cc1. The summed E-state index contributed by atoms with van der Waals surface area (Å²) < 4.78 is 13.0. The molecule has 4 heteroatoms. The molecule has 0 aromatic heterocycles. The number of halogens is 2. The minimum Gasteiger partial charge on any atom is -0.311 e. The van der Waals surface area contributed by atoms with Crippen LogP contribution in [0.3, 0.4) is 0 Å². The van der Waals surface area contributed by atoms with Crippen molar-refractivity contribution in [3.05, 3.63) is 70.5 Å². The molecule has 1 saturated heterocycles. The minimum atomic E-state index is -0.194. The predicted octanol–water partition coefficient (Wildman–Crippen LogP) is 4.80. The molecule has 2 nitrogen and oxygen atoms in total. The largest absolute Gasteiger partial charge is 0.311 e. The number of nitrogens with zero attached hydrogens (tertiary/aromatic N) is 1. The third kappa shape index (κ3) is 4.56. The smallest absolute Gasteiger partial charge is 0.123 e. The summed E-state index contributed by atoms with van der Waals surface area (Å²) >= 11 is 6.46. The third-order valence-electron chi connectivity index (χ3n) is 4.68. The van der Waals surface area contributed by atoms with Gasteiger partial charge in [0.2, 0.25) is 0 Å².